The summed E-state index contributed by atoms with van der Waals surface area (Å²) in [6.07, 6.45) is 0. The summed E-state index contributed by atoms with van der Waals surface area (Å²) in [5.41, 5.74) is 0.741. The fourth-order valence-corrected chi connectivity index (χ4v) is 2.09. The second-order valence-electron chi connectivity index (χ2n) is 4.20. The molecule has 0 unspecified atom stereocenters. The quantitative estimate of drug-likeness (QED) is 0.885. The Bertz CT molecular complexity index is 673. The average Bonchev–Trinajstić information content (AvgIpc) is 2.47. The fourth-order valence-electron chi connectivity index (χ4n) is 1.73. The van der Waals surface area contributed by atoms with Gasteiger partial charge in [-0.05, 0) is 36.4 Å². The van der Waals surface area contributed by atoms with E-state index in [-0.39, 0.29) is 18.0 Å². The summed E-state index contributed by atoms with van der Waals surface area (Å²) >= 11 is 3.31. The molecule has 0 aliphatic heterocycles. The van der Waals surface area contributed by atoms with E-state index < -0.39 is 5.97 Å². The molecule has 2 rings (SSSR count). The molecule has 110 valence electrons. The molecule has 0 aliphatic rings. The summed E-state index contributed by atoms with van der Waals surface area (Å²) in [5, 5.41) is 8.93. The first-order valence-corrected chi connectivity index (χ1v) is 6.78. The molecule has 0 amide bonds. The van der Waals surface area contributed by atoms with Gasteiger partial charge in [0.25, 0.3) is 0 Å². The number of ether oxygens (including phenoxy) is 2. The molecule has 0 bridgehead atoms. The van der Waals surface area contributed by atoms with Gasteiger partial charge in [0.2, 0.25) is 0 Å². The molecule has 0 saturated heterocycles. The van der Waals surface area contributed by atoms with Crippen LogP contribution in [0.5, 0.6) is 11.5 Å². The molecule has 0 fully saturated rings. The number of rotatable bonds is 5. The van der Waals surface area contributed by atoms with E-state index >= 15 is 0 Å². The van der Waals surface area contributed by atoms with Gasteiger partial charge in [0.15, 0.2) is 11.5 Å². The molecule has 2 aromatic rings. The maximum absolute atomic E-state index is 13.2. The van der Waals surface area contributed by atoms with Crippen LogP contribution in [0.3, 0.4) is 0 Å². The summed E-state index contributed by atoms with van der Waals surface area (Å²) in [6.45, 7) is 0.126. The van der Waals surface area contributed by atoms with E-state index in [1.807, 2.05) is 0 Å². The van der Waals surface area contributed by atoms with E-state index in [1.165, 1.54) is 37.4 Å². The van der Waals surface area contributed by atoms with Crippen LogP contribution in [0.25, 0.3) is 0 Å². The highest BCUT2D eigenvalue weighted by Gasteiger charge is 2.11. The van der Waals surface area contributed by atoms with Crippen molar-refractivity contribution < 1.29 is 23.8 Å². The van der Waals surface area contributed by atoms with Crippen molar-refractivity contribution in [3.05, 3.63) is 57.8 Å². The molecule has 21 heavy (non-hydrogen) atoms. The molecule has 1 N–H and O–H groups in total. The standard InChI is InChI=1S/C15H12BrFO4/c1-20-14-7-9(15(18)19)2-5-13(14)21-8-10-6-11(17)3-4-12(10)16/h2-7H,8H2,1H3,(H,18,19). The van der Waals surface area contributed by atoms with Crippen LogP contribution in [0.4, 0.5) is 4.39 Å². The highest BCUT2D eigenvalue weighted by atomic mass is 79.9. The number of carboxylic acid groups (broad SMARTS) is 1. The molecule has 4 nitrogen and oxygen atoms in total. The monoisotopic (exact) mass is 354 g/mol. The molecule has 0 aromatic heterocycles. The van der Waals surface area contributed by atoms with Crippen LogP contribution in [-0.2, 0) is 6.61 Å². The first kappa shape index (κ1) is 15.3. The predicted octanol–water partition coefficient (Wildman–Crippen LogP) is 3.87. The second kappa shape index (κ2) is 6.58. The minimum Gasteiger partial charge on any atom is -0.493 e. The minimum absolute atomic E-state index is 0.103. The number of hydrogen-bond acceptors (Lipinski definition) is 3. The minimum atomic E-state index is -1.05. The van der Waals surface area contributed by atoms with E-state index in [1.54, 1.807) is 6.07 Å². The summed E-state index contributed by atoms with van der Waals surface area (Å²) in [7, 11) is 1.42. The van der Waals surface area contributed by atoms with E-state index in [0.717, 1.165) is 4.47 Å². The largest absolute Gasteiger partial charge is 0.493 e. The average molecular weight is 355 g/mol. The molecule has 0 atom stereocenters. The van der Waals surface area contributed by atoms with Crippen LogP contribution < -0.4 is 9.47 Å². The molecule has 6 heteroatoms. The summed E-state index contributed by atoms with van der Waals surface area (Å²) < 4.78 is 24.6. The lowest BCUT2D eigenvalue weighted by atomic mass is 10.2. The molecule has 0 heterocycles. The third kappa shape index (κ3) is 3.72. The predicted molar refractivity (Wildman–Crippen MR) is 78.4 cm³/mol. The van der Waals surface area contributed by atoms with Crippen molar-refractivity contribution in [3.8, 4) is 11.5 Å². The van der Waals surface area contributed by atoms with Gasteiger partial charge < -0.3 is 14.6 Å². The molecular formula is C15H12BrFO4. The van der Waals surface area contributed by atoms with Crippen molar-refractivity contribution in [1.82, 2.24) is 0 Å². The van der Waals surface area contributed by atoms with Crippen molar-refractivity contribution in [1.29, 1.82) is 0 Å². The maximum Gasteiger partial charge on any atom is 0.335 e. The van der Waals surface area contributed by atoms with Crippen LogP contribution in [0, 0.1) is 5.82 Å². The molecule has 0 spiro atoms. The van der Waals surface area contributed by atoms with Gasteiger partial charge in [-0.1, -0.05) is 15.9 Å². The van der Waals surface area contributed by atoms with E-state index in [0.29, 0.717) is 17.1 Å². The number of carboxylic acids is 1. The highest BCUT2D eigenvalue weighted by Crippen LogP contribution is 2.29. The van der Waals surface area contributed by atoms with Crippen molar-refractivity contribution in [2.24, 2.45) is 0 Å². The van der Waals surface area contributed by atoms with Gasteiger partial charge in [0, 0.05) is 10.0 Å². The van der Waals surface area contributed by atoms with Crippen LogP contribution >= 0.6 is 15.9 Å². The molecular weight excluding hydrogens is 343 g/mol. The number of carbonyl (C=O) groups is 1. The van der Waals surface area contributed by atoms with Crippen molar-refractivity contribution in [2.75, 3.05) is 7.11 Å². The Morgan fingerprint density at radius 2 is 2.00 bits per heavy atom. The summed E-state index contributed by atoms with van der Waals surface area (Å²) in [6, 6.07) is 8.60. The van der Waals surface area contributed by atoms with Crippen LogP contribution in [0.15, 0.2) is 40.9 Å². The van der Waals surface area contributed by atoms with Crippen LogP contribution in [0.2, 0.25) is 0 Å². The summed E-state index contributed by atoms with van der Waals surface area (Å²) in [5.74, 6) is -0.709. The van der Waals surface area contributed by atoms with E-state index in [9.17, 15) is 9.18 Å². The highest BCUT2D eigenvalue weighted by molar-refractivity contribution is 9.10. The zero-order valence-electron chi connectivity index (χ0n) is 11.1. The maximum atomic E-state index is 13.2. The topological polar surface area (TPSA) is 55.8 Å². The Kier molecular flexibility index (Phi) is 4.80. The first-order chi connectivity index (χ1) is 10.0. The van der Waals surface area contributed by atoms with Gasteiger partial charge in [-0.15, -0.1) is 0 Å². The Labute approximate surface area is 129 Å². The zero-order chi connectivity index (χ0) is 15.4. The van der Waals surface area contributed by atoms with E-state index in [2.05, 4.69) is 15.9 Å². The second-order valence-corrected chi connectivity index (χ2v) is 5.05. The zero-order valence-corrected chi connectivity index (χ0v) is 12.7. The van der Waals surface area contributed by atoms with Crippen LogP contribution in [0.1, 0.15) is 15.9 Å². The Hall–Kier alpha value is -2.08. The Morgan fingerprint density at radius 3 is 2.67 bits per heavy atom. The smallest absolute Gasteiger partial charge is 0.335 e. The normalized spacial score (nSPS) is 10.2. The van der Waals surface area contributed by atoms with Crippen molar-refractivity contribution >= 4 is 21.9 Å². The number of halogens is 2. The van der Waals surface area contributed by atoms with E-state index in [4.69, 9.17) is 14.6 Å². The van der Waals surface area contributed by atoms with Gasteiger partial charge in [-0.2, -0.15) is 0 Å². The lowest BCUT2D eigenvalue weighted by Crippen LogP contribution is -2.01. The lowest BCUT2D eigenvalue weighted by Gasteiger charge is -2.12. The van der Waals surface area contributed by atoms with Gasteiger partial charge in [-0.3, -0.25) is 0 Å². The third-order valence-corrected chi connectivity index (χ3v) is 3.58. The fraction of sp³-hybridized carbons (Fsp3) is 0.133. The van der Waals surface area contributed by atoms with Gasteiger partial charge in [0.05, 0.1) is 12.7 Å². The SMILES string of the molecule is COc1cc(C(=O)O)ccc1OCc1cc(F)ccc1Br. The molecule has 0 radical (unpaired) electrons. The van der Waals surface area contributed by atoms with Crippen molar-refractivity contribution in [2.45, 2.75) is 6.61 Å². The van der Waals surface area contributed by atoms with Gasteiger partial charge in [-0.25, -0.2) is 9.18 Å². The van der Waals surface area contributed by atoms with Gasteiger partial charge in [0.1, 0.15) is 12.4 Å². The molecule has 0 saturated carbocycles. The Balaban J connectivity index is 2.19. The lowest BCUT2D eigenvalue weighted by molar-refractivity contribution is 0.0696. The number of benzene rings is 2. The first-order valence-electron chi connectivity index (χ1n) is 5.99. The molecule has 0 aliphatic carbocycles. The van der Waals surface area contributed by atoms with Crippen LogP contribution in [-0.4, -0.2) is 18.2 Å². The third-order valence-electron chi connectivity index (χ3n) is 2.80. The molecule has 2 aromatic carbocycles. The summed E-state index contributed by atoms with van der Waals surface area (Å²) in [4.78, 5) is 10.9. The number of aromatic carboxylic acids is 1. The van der Waals surface area contributed by atoms with Gasteiger partial charge >= 0.3 is 5.97 Å². The number of methoxy groups -OCH3 is 1. The van der Waals surface area contributed by atoms with Crippen molar-refractivity contribution in [3.63, 3.8) is 0 Å². The number of hydrogen-bond donors (Lipinski definition) is 1. The Morgan fingerprint density at radius 1 is 1.24 bits per heavy atom.